The van der Waals surface area contributed by atoms with Gasteiger partial charge in [-0.2, -0.15) is 5.10 Å². The van der Waals surface area contributed by atoms with Gasteiger partial charge in [0.1, 0.15) is 12.1 Å². The van der Waals surface area contributed by atoms with Crippen molar-refractivity contribution >= 4 is 41.7 Å². The summed E-state index contributed by atoms with van der Waals surface area (Å²) in [5.74, 6) is 1.61. The molecule has 26 heavy (non-hydrogen) atoms. The quantitative estimate of drug-likeness (QED) is 0.798. The maximum Gasteiger partial charge on any atom is 0.163 e. The molecule has 6 nitrogen and oxygen atoms in total. The highest BCUT2D eigenvalue weighted by Crippen LogP contribution is 2.30. The van der Waals surface area contributed by atoms with Crippen molar-refractivity contribution in [2.24, 2.45) is 11.7 Å². The van der Waals surface area contributed by atoms with Gasteiger partial charge < -0.3 is 10.6 Å². The SMILES string of the molecule is CCCCn1nc(CC(C)C)c2c(N3CCC(N)CC3)ncnc21.Cl.Cl. The van der Waals surface area contributed by atoms with Crippen molar-refractivity contribution in [2.75, 3.05) is 18.0 Å². The number of rotatable bonds is 6. The van der Waals surface area contributed by atoms with Crippen LogP contribution in [0.15, 0.2) is 6.33 Å². The molecule has 2 N–H and O–H groups in total. The van der Waals surface area contributed by atoms with E-state index in [2.05, 4.69) is 40.3 Å². The molecule has 2 aromatic rings. The molecular weight excluding hydrogens is 371 g/mol. The number of aromatic nitrogens is 4. The van der Waals surface area contributed by atoms with Crippen LogP contribution in [0.5, 0.6) is 0 Å². The third-order valence-corrected chi connectivity index (χ3v) is 4.75. The highest BCUT2D eigenvalue weighted by Gasteiger charge is 2.23. The van der Waals surface area contributed by atoms with E-state index in [1.54, 1.807) is 6.33 Å². The molecule has 1 aliphatic heterocycles. The van der Waals surface area contributed by atoms with E-state index >= 15 is 0 Å². The molecule has 3 heterocycles. The predicted molar refractivity (Wildman–Crippen MR) is 113 cm³/mol. The molecule has 0 radical (unpaired) electrons. The van der Waals surface area contributed by atoms with Crippen LogP contribution < -0.4 is 10.6 Å². The largest absolute Gasteiger partial charge is 0.356 e. The van der Waals surface area contributed by atoms with Crippen molar-refractivity contribution in [3.05, 3.63) is 12.0 Å². The van der Waals surface area contributed by atoms with Crippen LogP contribution >= 0.6 is 24.8 Å². The second kappa shape index (κ2) is 10.3. The van der Waals surface area contributed by atoms with Gasteiger partial charge in [-0.1, -0.05) is 27.2 Å². The molecule has 0 saturated carbocycles. The van der Waals surface area contributed by atoms with E-state index in [4.69, 9.17) is 10.8 Å². The normalized spacial score (nSPS) is 15.2. The third kappa shape index (κ3) is 4.99. The topological polar surface area (TPSA) is 72.9 Å². The van der Waals surface area contributed by atoms with E-state index in [0.717, 1.165) is 74.3 Å². The Hall–Kier alpha value is -1.11. The Labute approximate surface area is 168 Å². The minimum absolute atomic E-state index is 0. The molecule has 1 fully saturated rings. The molecule has 2 aromatic heterocycles. The highest BCUT2D eigenvalue weighted by molar-refractivity contribution is 5.90. The van der Waals surface area contributed by atoms with Crippen LogP contribution in [0.3, 0.4) is 0 Å². The molecule has 0 spiro atoms. The van der Waals surface area contributed by atoms with Crippen molar-refractivity contribution in [1.82, 2.24) is 19.7 Å². The van der Waals surface area contributed by atoms with Crippen molar-refractivity contribution < 1.29 is 0 Å². The lowest BCUT2D eigenvalue weighted by Crippen LogP contribution is -2.40. The molecule has 3 rings (SSSR count). The number of aryl methyl sites for hydroxylation is 1. The molecule has 1 aliphatic rings. The fourth-order valence-electron chi connectivity index (χ4n) is 3.41. The number of fused-ring (bicyclic) bond motifs is 1. The van der Waals surface area contributed by atoms with Crippen molar-refractivity contribution in [3.63, 3.8) is 0 Å². The molecule has 0 bridgehead atoms. The van der Waals surface area contributed by atoms with E-state index in [-0.39, 0.29) is 24.8 Å². The van der Waals surface area contributed by atoms with Crippen molar-refractivity contribution in [3.8, 4) is 0 Å². The standard InChI is InChI=1S/C18H30N6.2ClH/c1-4-5-8-24-18-16(15(22-24)11-13(2)3)17(20-12-21-18)23-9-6-14(19)7-10-23;;/h12-14H,4-11,19H2,1-3H3;2*1H. The number of hydrogen-bond donors (Lipinski definition) is 1. The lowest BCUT2D eigenvalue weighted by molar-refractivity contribution is 0.499. The first kappa shape index (κ1) is 22.9. The summed E-state index contributed by atoms with van der Waals surface area (Å²) in [5, 5.41) is 6.05. The van der Waals surface area contributed by atoms with Gasteiger partial charge in [0, 0.05) is 25.7 Å². The van der Waals surface area contributed by atoms with Gasteiger partial charge in [0.25, 0.3) is 0 Å². The van der Waals surface area contributed by atoms with Crippen LogP contribution in [0, 0.1) is 5.92 Å². The van der Waals surface area contributed by atoms with Crippen molar-refractivity contribution in [1.29, 1.82) is 0 Å². The summed E-state index contributed by atoms with van der Waals surface area (Å²) in [6.07, 6.45) is 6.97. The molecule has 0 unspecified atom stereocenters. The summed E-state index contributed by atoms with van der Waals surface area (Å²) in [4.78, 5) is 11.6. The number of halogens is 2. The number of piperidine rings is 1. The molecular formula is C18H32Cl2N6. The van der Waals surface area contributed by atoms with Gasteiger partial charge in [-0.3, -0.25) is 0 Å². The summed E-state index contributed by atoms with van der Waals surface area (Å²) in [6, 6.07) is 0.320. The van der Waals surface area contributed by atoms with Gasteiger partial charge >= 0.3 is 0 Å². The fourth-order valence-corrected chi connectivity index (χ4v) is 3.41. The average molecular weight is 403 g/mol. The Balaban J connectivity index is 0.00000169. The first-order chi connectivity index (χ1) is 11.6. The van der Waals surface area contributed by atoms with Gasteiger partial charge in [-0.05, 0) is 31.6 Å². The zero-order chi connectivity index (χ0) is 17.1. The molecule has 0 aromatic carbocycles. The Morgan fingerprint density at radius 1 is 1.19 bits per heavy atom. The lowest BCUT2D eigenvalue weighted by atomic mass is 10.0. The van der Waals surface area contributed by atoms with Gasteiger partial charge in [0.05, 0.1) is 11.1 Å². The first-order valence-corrected chi connectivity index (χ1v) is 9.31. The maximum absolute atomic E-state index is 6.07. The zero-order valence-corrected chi connectivity index (χ0v) is 17.7. The summed E-state index contributed by atoms with van der Waals surface area (Å²) in [6.45, 7) is 9.54. The van der Waals surface area contributed by atoms with Crippen molar-refractivity contribution in [2.45, 2.75) is 65.5 Å². The number of nitrogens with zero attached hydrogens (tertiary/aromatic N) is 5. The fraction of sp³-hybridized carbons (Fsp3) is 0.722. The number of nitrogens with two attached hydrogens (primary N) is 1. The number of unbranched alkanes of at least 4 members (excludes halogenated alkanes) is 1. The first-order valence-electron chi connectivity index (χ1n) is 9.31. The summed E-state index contributed by atoms with van der Waals surface area (Å²) >= 11 is 0. The second-order valence-electron chi connectivity index (χ2n) is 7.34. The smallest absolute Gasteiger partial charge is 0.163 e. The summed E-state index contributed by atoms with van der Waals surface area (Å²) < 4.78 is 2.08. The predicted octanol–water partition coefficient (Wildman–Crippen LogP) is 3.60. The van der Waals surface area contributed by atoms with E-state index in [9.17, 15) is 0 Å². The molecule has 0 atom stereocenters. The Bertz CT molecular complexity index is 680. The molecule has 8 heteroatoms. The number of anilines is 1. The van der Waals surface area contributed by atoms with E-state index in [1.165, 1.54) is 0 Å². The minimum Gasteiger partial charge on any atom is -0.356 e. The van der Waals surface area contributed by atoms with Crippen LogP contribution in [-0.2, 0) is 13.0 Å². The van der Waals surface area contributed by atoms with Crippen LogP contribution in [0.2, 0.25) is 0 Å². The van der Waals surface area contributed by atoms with Gasteiger partial charge in [-0.25, -0.2) is 14.6 Å². The Morgan fingerprint density at radius 3 is 2.50 bits per heavy atom. The van der Waals surface area contributed by atoms with Gasteiger partial charge in [0.15, 0.2) is 5.65 Å². The Morgan fingerprint density at radius 2 is 1.88 bits per heavy atom. The number of hydrogen-bond acceptors (Lipinski definition) is 5. The molecule has 148 valence electrons. The van der Waals surface area contributed by atoms with E-state index < -0.39 is 0 Å². The van der Waals surface area contributed by atoms with Crippen LogP contribution in [-0.4, -0.2) is 38.9 Å². The monoisotopic (exact) mass is 402 g/mol. The average Bonchev–Trinajstić information content (AvgIpc) is 2.91. The third-order valence-electron chi connectivity index (χ3n) is 4.75. The summed E-state index contributed by atoms with van der Waals surface area (Å²) in [7, 11) is 0. The van der Waals surface area contributed by atoms with E-state index in [0.29, 0.717) is 12.0 Å². The van der Waals surface area contributed by atoms with Crippen LogP contribution in [0.1, 0.15) is 52.1 Å². The van der Waals surface area contributed by atoms with Crippen LogP contribution in [0.4, 0.5) is 5.82 Å². The lowest BCUT2D eigenvalue weighted by Gasteiger charge is -2.31. The zero-order valence-electron chi connectivity index (χ0n) is 16.0. The molecule has 0 amide bonds. The second-order valence-corrected chi connectivity index (χ2v) is 7.34. The van der Waals surface area contributed by atoms with Crippen LogP contribution in [0.25, 0.3) is 11.0 Å². The maximum atomic E-state index is 6.07. The molecule has 1 saturated heterocycles. The summed E-state index contributed by atoms with van der Waals surface area (Å²) in [5.41, 5.74) is 8.19. The van der Waals surface area contributed by atoms with E-state index in [1.807, 2.05) is 0 Å². The van der Waals surface area contributed by atoms with Gasteiger partial charge in [-0.15, -0.1) is 24.8 Å². The molecule has 0 aliphatic carbocycles. The highest BCUT2D eigenvalue weighted by atomic mass is 35.5. The van der Waals surface area contributed by atoms with Gasteiger partial charge in [0.2, 0.25) is 0 Å². The Kier molecular flexibility index (Phi) is 9.07. The minimum atomic E-state index is 0.